The van der Waals surface area contributed by atoms with Crippen molar-refractivity contribution in [2.45, 2.75) is 18.9 Å². The van der Waals surface area contributed by atoms with Crippen LogP contribution in [-0.2, 0) is 6.54 Å². The summed E-state index contributed by atoms with van der Waals surface area (Å²) in [6.07, 6.45) is -4.65. The summed E-state index contributed by atoms with van der Waals surface area (Å²) in [6.45, 7) is 2.19. The van der Waals surface area contributed by atoms with Crippen molar-refractivity contribution in [2.75, 3.05) is 20.1 Å². The van der Waals surface area contributed by atoms with Gasteiger partial charge in [0, 0.05) is 31.2 Å². The summed E-state index contributed by atoms with van der Waals surface area (Å²) < 4.78 is 40.8. The van der Waals surface area contributed by atoms with Crippen molar-refractivity contribution in [3.63, 3.8) is 0 Å². The number of alkyl halides is 3. The Labute approximate surface area is 116 Å². The Morgan fingerprint density at radius 2 is 1.95 bits per heavy atom. The maximum atomic E-state index is 12.2. The number of ether oxygens (including phenoxy) is 1. The molecule has 1 fully saturated rings. The smallest absolute Gasteiger partial charge is 0.405 e. The van der Waals surface area contributed by atoms with Crippen LogP contribution in [-0.4, -0.2) is 37.4 Å². The summed E-state index contributed by atoms with van der Waals surface area (Å²) in [7, 11) is 1.90. The van der Waals surface area contributed by atoms with Crippen LogP contribution in [0.3, 0.4) is 0 Å². The number of hydrogen-bond acceptors (Lipinski definition) is 3. The van der Waals surface area contributed by atoms with Crippen molar-refractivity contribution in [1.29, 1.82) is 0 Å². The normalized spacial score (nSPS) is 15.8. The number of halogens is 4. The standard InChI is InChI=1S/C12H15F3N2O.ClH/c1-17(10-6-16-7-10)8-9-4-2-3-5-11(9)18-12(13,14)15;/h2-5,10,16H,6-8H2,1H3;1H. The van der Waals surface area contributed by atoms with E-state index in [4.69, 9.17) is 0 Å². The fourth-order valence-electron chi connectivity index (χ4n) is 1.84. The number of nitrogens with one attached hydrogen (secondary N) is 1. The molecule has 1 N–H and O–H groups in total. The first-order valence-corrected chi connectivity index (χ1v) is 5.70. The summed E-state index contributed by atoms with van der Waals surface area (Å²) >= 11 is 0. The zero-order chi connectivity index (χ0) is 13.2. The molecule has 1 saturated heterocycles. The van der Waals surface area contributed by atoms with Crippen LogP contribution >= 0.6 is 12.4 Å². The predicted molar refractivity (Wildman–Crippen MR) is 68.5 cm³/mol. The highest BCUT2D eigenvalue weighted by atomic mass is 35.5. The molecule has 0 saturated carbocycles. The predicted octanol–water partition coefficient (Wildman–Crippen LogP) is 2.41. The highest BCUT2D eigenvalue weighted by molar-refractivity contribution is 5.85. The molecule has 0 aromatic heterocycles. The van der Waals surface area contributed by atoms with Crippen LogP contribution in [0.5, 0.6) is 5.75 Å². The molecule has 1 aromatic rings. The van der Waals surface area contributed by atoms with E-state index in [1.165, 1.54) is 12.1 Å². The second-order valence-electron chi connectivity index (χ2n) is 4.38. The number of hydrogen-bond donors (Lipinski definition) is 1. The highest BCUT2D eigenvalue weighted by Crippen LogP contribution is 2.27. The van der Waals surface area contributed by atoms with Crippen molar-refractivity contribution < 1.29 is 17.9 Å². The van der Waals surface area contributed by atoms with Crippen molar-refractivity contribution in [1.82, 2.24) is 10.2 Å². The van der Waals surface area contributed by atoms with Gasteiger partial charge >= 0.3 is 6.36 Å². The van der Waals surface area contributed by atoms with Crippen molar-refractivity contribution in [3.05, 3.63) is 29.8 Å². The topological polar surface area (TPSA) is 24.5 Å². The van der Waals surface area contributed by atoms with Crippen LogP contribution in [0.25, 0.3) is 0 Å². The number of nitrogens with zero attached hydrogens (tertiary/aromatic N) is 1. The van der Waals surface area contributed by atoms with E-state index < -0.39 is 6.36 Å². The lowest BCUT2D eigenvalue weighted by molar-refractivity contribution is -0.275. The molecule has 7 heteroatoms. The fraction of sp³-hybridized carbons (Fsp3) is 0.500. The van der Waals surface area contributed by atoms with Gasteiger partial charge in [-0.3, -0.25) is 4.90 Å². The first kappa shape index (κ1) is 16.1. The molecule has 2 rings (SSSR count). The van der Waals surface area contributed by atoms with Gasteiger partial charge in [-0.15, -0.1) is 25.6 Å². The van der Waals surface area contributed by atoms with E-state index in [0.29, 0.717) is 18.2 Å². The van der Waals surface area contributed by atoms with Crippen LogP contribution in [0.2, 0.25) is 0 Å². The van der Waals surface area contributed by atoms with Crippen LogP contribution in [0.1, 0.15) is 5.56 Å². The Balaban J connectivity index is 0.00000180. The molecule has 0 atom stereocenters. The van der Waals surface area contributed by atoms with Crippen molar-refractivity contribution in [2.24, 2.45) is 0 Å². The van der Waals surface area contributed by atoms with E-state index >= 15 is 0 Å². The lowest BCUT2D eigenvalue weighted by atomic mass is 10.1. The van der Waals surface area contributed by atoms with Gasteiger partial charge in [0.15, 0.2) is 0 Å². The Kier molecular flexibility index (Phi) is 5.46. The molecule has 19 heavy (non-hydrogen) atoms. The third kappa shape index (κ3) is 4.56. The van der Waals surface area contributed by atoms with E-state index in [2.05, 4.69) is 10.1 Å². The molecule has 3 nitrogen and oxygen atoms in total. The average molecular weight is 297 g/mol. The monoisotopic (exact) mass is 296 g/mol. The van der Waals surface area contributed by atoms with Crippen LogP contribution in [0.4, 0.5) is 13.2 Å². The van der Waals surface area contributed by atoms with Gasteiger partial charge in [0.2, 0.25) is 0 Å². The zero-order valence-electron chi connectivity index (χ0n) is 10.4. The molecule has 1 aliphatic heterocycles. The van der Waals surface area contributed by atoms with Gasteiger partial charge in [0.1, 0.15) is 5.75 Å². The lowest BCUT2D eigenvalue weighted by Gasteiger charge is -2.35. The lowest BCUT2D eigenvalue weighted by Crippen LogP contribution is -2.55. The van der Waals surface area contributed by atoms with Crippen molar-refractivity contribution >= 4 is 12.4 Å². The largest absolute Gasteiger partial charge is 0.573 e. The molecule has 1 aromatic carbocycles. The van der Waals surface area contributed by atoms with Gasteiger partial charge in [-0.1, -0.05) is 18.2 Å². The molecule has 0 radical (unpaired) electrons. The fourth-order valence-corrected chi connectivity index (χ4v) is 1.84. The Morgan fingerprint density at radius 3 is 2.47 bits per heavy atom. The molecular formula is C12H16ClF3N2O. The van der Waals surface area contributed by atoms with E-state index in [0.717, 1.165) is 13.1 Å². The van der Waals surface area contributed by atoms with E-state index in [9.17, 15) is 13.2 Å². The van der Waals surface area contributed by atoms with Crippen LogP contribution in [0, 0.1) is 0 Å². The zero-order valence-corrected chi connectivity index (χ0v) is 11.2. The first-order valence-electron chi connectivity index (χ1n) is 5.70. The van der Waals surface area contributed by atoms with E-state index in [1.54, 1.807) is 12.1 Å². The van der Waals surface area contributed by atoms with E-state index in [1.807, 2.05) is 11.9 Å². The summed E-state index contributed by atoms with van der Waals surface area (Å²) in [5.74, 6) is -0.121. The van der Waals surface area contributed by atoms with Crippen molar-refractivity contribution in [3.8, 4) is 5.75 Å². The number of benzene rings is 1. The molecule has 0 bridgehead atoms. The van der Waals surface area contributed by atoms with Gasteiger partial charge in [0.25, 0.3) is 0 Å². The quantitative estimate of drug-likeness (QED) is 0.923. The van der Waals surface area contributed by atoms with Gasteiger partial charge < -0.3 is 10.1 Å². The second kappa shape index (κ2) is 6.45. The highest BCUT2D eigenvalue weighted by Gasteiger charge is 2.32. The van der Waals surface area contributed by atoms with Gasteiger partial charge in [-0.2, -0.15) is 0 Å². The maximum Gasteiger partial charge on any atom is 0.573 e. The molecule has 1 aliphatic rings. The molecular weight excluding hydrogens is 281 g/mol. The molecule has 1 heterocycles. The van der Waals surface area contributed by atoms with E-state index in [-0.39, 0.29) is 18.2 Å². The Bertz CT molecular complexity index is 410. The Hall–Kier alpha value is -0.980. The molecule has 0 spiro atoms. The molecule has 0 unspecified atom stereocenters. The summed E-state index contributed by atoms with van der Waals surface area (Å²) in [5.41, 5.74) is 0.546. The summed E-state index contributed by atoms with van der Waals surface area (Å²) in [6, 6.07) is 6.63. The first-order chi connectivity index (χ1) is 8.46. The van der Waals surface area contributed by atoms with Gasteiger partial charge in [-0.05, 0) is 13.1 Å². The minimum atomic E-state index is -4.65. The Morgan fingerprint density at radius 1 is 1.32 bits per heavy atom. The van der Waals surface area contributed by atoms with Gasteiger partial charge in [0.05, 0.1) is 0 Å². The van der Waals surface area contributed by atoms with Crippen LogP contribution in [0.15, 0.2) is 24.3 Å². The molecule has 0 amide bonds. The number of likely N-dealkylation sites (N-methyl/N-ethyl adjacent to an activating group) is 1. The van der Waals surface area contributed by atoms with Gasteiger partial charge in [-0.25, -0.2) is 0 Å². The SMILES string of the molecule is CN(Cc1ccccc1OC(F)(F)F)C1CNC1.Cl. The average Bonchev–Trinajstić information content (AvgIpc) is 2.16. The minimum Gasteiger partial charge on any atom is -0.405 e. The third-order valence-corrected chi connectivity index (χ3v) is 3.00. The second-order valence-corrected chi connectivity index (χ2v) is 4.38. The minimum absolute atomic E-state index is 0. The number of para-hydroxylation sites is 1. The summed E-state index contributed by atoms with van der Waals surface area (Å²) in [5, 5.41) is 3.13. The maximum absolute atomic E-state index is 12.2. The summed E-state index contributed by atoms with van der Waals surface area (Å²) in [4.78, 5) is 2.02. The van der Waals surface area contributed by atoms with Crippen LogP contribution < -0.4 is 10.1 Å². The molecule has 0 aliphatic carbocycles. The molecule has 108 valence electrons. The number of rotatable bonds is 4. The third-order valence-electron chi connectivity index (χ3n) is 3.00.